The average Bonchev–Trinajstić information content (AvgIpc) is 2.85. The van der Waals surface area contributed by atoms with Crippen molar-refractivity contribution in [2.24, 2.45) is 7.05 Å². The summed E-state index contributed by atoms with van der Waals surface area (Å²) in [6, 6.07) is 1.47. The first-order valence-corrected chi connectivity index (χ1v) is 4.66. The Morgan fingerprint density at radius 1 is 1.38 bits per heavy atom. The molecule has 0 atom stereocenters. The number of nitrogens with zero attached hydrogens (tertiary/aromatic N) is 5. The molecule has 1 N–H and O–H groups in total. The number of fused-ring (bicyclic) bond motifs is 1. The quantitative estimate of drug-likeness (QED) is 0.611. The molecule has 0 aliphatic carbocycles. The maximum atomic E-state index is 11.7. The van der Waals surface area contributed by atoms with Crippen molar-refractivity contribution in [2.45, 2.75) is 0 Å². The summed E-state index contributed by atoms with van der Waals surface area (Å²) >= 11 is 0. The van der Waals surface area contributed by atoms with E-state index in [1.807, 2.05) is 13.2 Å². The molecule has 3 heterocycles. The molecule has 0 bridgehead atoms. The molecule has 7 nitrogen and oxygen atoms in total. The minimum atomic E-state index is -0.217. The van der Waals surface area contributed by atoms with Crippen molar-refractivity contribution in [2.75, 3.05) is 0 Å². The van der Waals surface area contributed by atoms with Crippen LogP contribution in [0.2, 0.25) is 0 Å². The fraction of sp³-hybridized carbons (Fsp3) is 0.111. The molecule has 0 saturated heterocycles. The molecule has 0 aromatic carbocycles. The first-order chi connectivity index (χ1) is 7.74. The Kier molecular flexibility index (Phi) is 1.67. The van der Waals surface area contributed by atoms with E-state index in [-0.39, 0.29) is 5.56 Å². The molecule has 3 aromatic heterocycles. The van der Waals surface area contributed by atoms with Crippen LogP contribution >= 0.6 is 0 Å². The van der Waals surface area contributed by atoms with Crippen LogP contribution in [-0.4, -0.2) is 29.4 Å². The predicted octanol–water partition coefficient (Wildman–Crippen LogP) is -0.182. The Morgan fingerprint density at radius 2 is 2.25 bits per heavy atom. The number of H-pyrrole nitrogens is 1. The van der Waals surface area contributed by atoms with Gasteiger partial charge in [0.1, 0.15) is 6.33 Å². The van der Waals surface area contributed by atoms with Gasteiger partial charge in [0.2, 0.25) is 5.78 Å². The van der Waals surface area contributed by atoms with E-state index in [4.69, 9.17) is 0 Å². The van der Waals surface area contributed by atoms with Crippen LogP contribution in [0.4, 0.5) is 0 Å². The summed E-state index contributed by atoms with van der Waals surface area (Å²) in [4.78, 5) is 18.6. The molecule has 0 unspecified atom stereocenters. The Labute approximate surface area is 89.4 Å². The van der Waals surface area contributed by atoms with Crippen molar-refractivity contribution < 1.29 is 0 Å². The molecule has 0 fully saturated rings. The van der Waals surface area contributed by atoms with Gasteiger partial charge in [-0.25, -0.2) is 0 Å². The highest BCUT2D eigenvalue weighted by atomic mass is 16.1. The van der Waals surface area contributed by atoms with Crippen LogP contribution in [0.25, 0.3) is 17.0 Å². The molecule has 0 aliphatic heterocycles. The van der Waals surface area contributed by atoms with Crippen molar-refractivity contribution >= 4 is 5.78 Å². The molecule has 0 amide bonds. The second kappa shape index (κ2) is 3.02. The molecule has 0 aliphatic rings. The van der Waals surface area contributed by atoms with Gasteiger partial charge in [-0.2, -0.15) is 19.7 Å². The van der Waals surface area contributed by atoms with Gasteiger partial charge in [0.05, 0.1) is 11.9 Å². The lowest BCUT2D eigenvalue weighted by Gasteiger charge is -1.97. The second-order valence-corrected chi connectivity index (χ2v) is 3.42. The molecule has 0 radical (unpaired) electrons. The third-order valence-corrected chi connectivity index (χ3v) is 2.29. The zero-order valence-electron chi connectivity index (χ0n) is 8.45. The van der Waals surface area contributed by atoms with Gasteiger partial charge in [0.25, 0.3) is 5.56 Å². The van der Waals surface area contributed by atoms with Crippen molar-refractivity contribution in [1.29, 1.82) is 0 Å². The van der Waals surface area contributed by atoms with Crippen molar-refractivity contribution in [3.8, 4) is 11.3 Å². The van der Waals surface area contributed by atoms with Gasteiger partial charge in [0, 0.05) is 24.9 Å². The summed E-state index contributed by atoms with van der Waals surface area (Å²) in [5, 5.41) is 7.84. The summed E-state index contributed by atoms with van der Waals surface area (Å²) in [6.07, 6.45) is 4.83. The summed E-state index contributed by atoms with van der Waals surface area (Å²) in [6.45, 7) is 0. The lowest BCUT2D eigenvalue weighted by molar-refractivity contribution is 0.768. The Hall–Kier alpha value is -2.44. The third-order valence-electron chi connectivity index (χ3n) is 2.29. The highest BCUT2D eigenvalue weighted by Crippen LogP contribution is 2.13. The fourth-order valence-electron chi connectivity index (χ4n) is 1.54. The summed E-state index contributed by atoms with van der Waals surface area (Å²) < 4.78 is 2.88. The van der Waals surface area contributed by atoms with E-state index in [2.05, 4.69) is 20.2 Å². The first-order valence-electron chi connectivity index (χ1n) is 4.66. The van der Waals surface area contributed by atoms with Gasteiger partial charge in [-0.3, -0.25) is 9.48 Å². The van der Waals surface area contributed by atoms with Gasteiger partial charge in [-0.15, -0.1) is 0 Å². The number of aromatic nitrogens is 6. The van der Waals surface area contributed by atoms with E-state index in [0.717, 1.165) is 5.56 Å². The van der Waals surface area contributed by atoms with Crippen LogP contribution in [0.3, 0.4) is 0 Å². The lowest BCUT2D eigenvalue weighted by atomic mass is 10.2. The van der Waals surface area contributed by atoms with Gasteiger partial charge in [-0.1, -0.05) is 0 Å². The molecular formula is C9H8N6O. The number of aromatic amines is 1. The second-order valence-electron chi connectivity index (χ2n) is 3.42. The van der Waals surface area contributed by atoms with Gasteiger partial charge < -0.3 is 4.98 Å². The highest BCUT2D eigenvalue weighted by Gasteiger charge is 2.06. The van der Waals surface area contributed by atoms with Crippen molar-refractivity contribution in [3.05, 3.63) is 35.1 Å². The van der Waals surface area contributed by atoms with Crippen LogP contribution in [-0.2, 0) is 7.05 Å². The minimum absolute atomic E-state index is 0.217. The SMILES string of the molecule is Cn1cc(-c2cc(=O)n3ncnc3[nH]2)cn1. The molecule has 3 aromatic rings. The smallest absolute Gasteiger partial charge is 0.276 e. The minimum Gasteiger partial charge on any atom is -0.323 e. The van der Waals surface area contributed by atoms with E-state index < -0.39 is 0 Å². The van der Waals surface area contributed by atoms with E-state index in [9.17, 15) is 4.79 Å². The van der Waals surface area contributed by atoms with Crippen molar-refractivity contribution in [1.82, 2.24) is 29.4 Å². The summed E-state index contributed by atoms with van der Waals surface area (Å²) in [7, 11) is 1.82. The van der Waals surface area contributed by atoms with Crippen molar-refractivity contribution in [3.63, 3.8) is 0 Å². The van der Waals surface area contributed by atoms with Gasteiger partial charge in [-0.05, 0) is 0 Å². The molecule has 16 heavy (non-hydrogen) atoms. The standard InChI is InChI=1S/C9H8N6O/c1-14-4-6(3-11-14)7-2-8(16)15-9(13-7)10-5-12-15/h2-5H,1H3,(H,10,12,13). The lowest BCUT2D eigenvalue weighted by Crippen LogP contribution is -2.14. The topological polar surface area (TPSA) is 80.9 Å². The molecular weight excluding hydrogens is 208 g/mol. The van der Waals surface area contributed by atoms with Crippen LogP contribution in [0.1, 0.15) is 0 Å². The molecule has 0 saturated carbocycles. The monoisotopic (exact) mass is 216 g/mol. The third kappa shape index (κ3) is 1.22. The maximum absolute atomic E-state index is 11.7. The first kappa shape index (κ1) is 8.84. The summed E-state index contributed by atoms with van der Waals surface area (Å²) in [5.41, 5.74) is 1.30. The number of nitrogens with one attached hydrogen (secondary N) is 1. The number of hydrogen-bond donors (Lipinski definition) is 1. The number of rotatable bonds is 1. The Bertz CT molecular complexity index is 706. The Morgan fingerprint density at radius 3 is 3.00 bits per heavy atom. The number of aryl methyl sites for hydroxylation is 1. The summed E-state index contributed by atoms with van der Waals surface area (Å²) in [5.74, 6) is 0.423. The maximum Gasteiger partial charge on any atom is 0.276 e. The van der Waals surface area contributed by atoms with E-state index in [0.29, 0.717) is 11.5 Å². The van der Waals surface area contributed by atoms with Crippen LogP contribution in [0.5, 0.6) is 0 Å². The predicted molar refractivity (Wildman–Crippen MR) is 55.8 cm³/mol. The van der Waals surface area contributed by atoms with Gasteiger partial charge in [0.15, 0.2) is 0 Å². The normalized spacial score (nSPS) is 11.1. The average molecular weight is 216 g/mol. The molecule has 3 rings (SSSR count). The van der Waals surface area contributed by atoms with Gasteiger partial charge >= 0.3 is 0 Å². The molecule has 7 heteroatoms. The van der Waals surface area contributed by atoms with E-state index in [1.54, 1.807) is 10.9 Å². The van der Waals surface area contributed by atoms with E-state index in [1.165, 1.54) is 16.9 Å². The Balaban J connectivity index is 2.28. The van der Waals surface area contributed by atoms with Crippen LogP contribution in [0.15, 0.2) is 29.6 Å². The van der Waals surface area contributed by atoms with E-state index >= 15 is 0 Å². The fourth-order valence-corrected chi connectivity index (χ4v) is 1.54. The van der Waals surface area contributed by atoms with Crippen LogP contribution in [0, 0.1) is 0 Å². The largest absolute Gasteiger partial charge is 0.323 e. The number of hydrogen-bond acceptors (Lipinski definition) is 4. The van der Waals surface area contributed by atoms with Crippen LogP contribution < -0.4 is 5.56 Å². The molecule has 80 valence electrons. The highest BCUT2D eigenvalue weighted by molar-refractivity contribution is 5.58. The zero-order chi connectivity index (χ0) is 11.1. The molecule has 0 spiro atoms. The zero-order valence-corrected chi connectivity index (χ0v) is 8.45.